The van der Waals surface area contributed by atoms with Crippen molar-refractivity contribution < 1.29 is 9.53 Å². The molecule has 0 radical (unpaired) electrons. The molecule has 0 aliphatic heterocycles. The van der Waals surface area contributed by atoms with Gasteiger partial charge < -0.3 is 10.1 Å². The third-order valence-corrected chi connectivity index (χ3v) is 3.38. The highest BCUT2D eigenvalue weighted by atomic mass is 16.5. The zero-order chi connectivity index (χ0) is 13.7. The van der Waals surface area contributed by atoms with Crippen molar-refractivity contribution in [3.63, 3.8) is 0 Å². The molecular weight excluding hydrogens is 240 g/mol. The van der Waals surface area contributed by atoms with Gasteiger partial charge in [-0.2, -0.15) is 5.26 Å². The molecule has 1 atom stereocenters. The minimum Gasteiger partial charge on any atom is -0.480 e. The summed E-state index contributed by atoms with van der Waals surface area (Å²) >= 11 is 0. The van der Waals surface area contributed by atoms with E-state index in [9.17, 15) is 4.79 Å². The van der Waals surface area contributed by atoms with Gasteiger partial charge >= 0.3 is 0 Å². The van der Waals surface area contributed by atoms with Crippen LogP contribution in [0.15, 0.2) is 24.3 Å². The minimum atomic E-state index is -0.588. The number of hydrogen-bond acceptors (Lipinski definition) is 3. The van der Waals surface area contributed by atoms with Gasteiger partial charge in [-0.15, -0.1) is 0 Å². The average Bonchev–Trinajstić information content (AvgIpc) is 2.92. The van der Waals surface area contributed by atoms with Crippen molar-refractivity contribution in [2.45, 2.75) is 44.8 Å². The van der Waals surface area contributed by atoms with E-state index in [-0.39, 0.29) is 11.9 Å². The van der Waals surface area contributed by atoms with Gasteiger partial charge in [0, 0.05) is 6.04 Å². The highest BCUT2D eigenvalue weighted by Crippen LogP contribution is 2.20. The van der Waals surface area contributed by atoms with Crippen LogP contribution in [0.5, 0.6) is 5.75 Å². The Labute approximate surface area is 113 Å². The molecule has 1 aromatic carbocycles. The number of rotatable bonds is 4. The second-order valence-electron chi connectivity index (χ2n) is 4.86. The molecule has 0 spiro atoms. The van der Waals surface area contributed by atoms with Crippen molar-refractivity contribution in [3.8, 4) is 11.8 Å². The van der Waals surface area contributed by atoms with Gasteiger partial charge in [0.15, 0.2) is 6.10 Å². The van der Waals surface area contributed by atoms with Crippen LogP contribution in [-0.2, 0) is 4.79 Å². The van der Waals surface area contributed by atoms with Crippen LogP contribution < -0.4 is 10.1 Å². The van der Waals surface area contributed by atoms with Crippen molar-refractivity contribution in [1.82, 2.24) is 5.32 Å². The van der Waals surface area contributed by atoms with E-state index in [4.69, 9.17) is 10.00 Å². The van der Waals surface area contributed by atoms with Crippen LogP contribution in [0.1, 0.15) is 38.2 Å². The molecule has 4 nitrogen and oxygen atoms in total. The molecule has 0 unspecified atom stereocenters. The van der Waals surface area contributed by atoms with Gasteiger partial charge in [0.2, 0.25) is 0 Å². The van der Waals surface area contributed by atoms with Crippen LogP contribution in [0.2, 0.25) is 0 Å². The van der Waals surface area contributed by atoms with E-state index in [1.807, 2.05) is 0 Å². The molecule has 0 saturated heterocycles. The first-order valence-corrected chi connectivity index (χ1v) is 6.67. The van der Waals surface area contributed by atoms with E-state index < -0.39 is 6.10 Å². The van der Waals surface area contributed by atoms with Crippen LogP contribution >= 0.6 is 0 Å². The van der Waals surface area contributed by atoms with Crippen molar-refractivity contribution in [2.75, 3.05) is 0 Å². The lowest BCUT2D eigenvalue weighted by Gasteiger charge is -2.18. The number of carbonyl (C=O) groups excluding carboxylic acids is 1. The Kier molecular flexibility index (Phi) is 4.40. The van der Waals surface area contributed by atoms with Crippen molar-refractivity contribution in [2.24, 2.45) is 0 Å². The Morgan fingerprint density at radius 2 is 2.11 bits per heavy atom. The molecule has 1 aromatic rings. The van der Waals surface area contributed by atoms with Gasteiger partial charge in [-0.25, -0.2) is 0 Å². The van der Waals surface area contributed by atoms with Gasteiger partial charge in [0.05, 0.1) is 5.56 Å². The molecule has 2 rings (SSSR count). The third kappa shape index (κ3) is 3.47. The molecule has 0 heterocycles. The molecule has 1 saturated carbocycles. The fraction of sp³-hybridized carbons (Fsp3) is 0.467. The number of nitrogens with one attached hydrogen (secondary N) is 1. The molecule has 1 N–H and O–H groups in total. The number of para-hydroxylation sites is 1. The number of hydrogen-bond donors (Lipinski definition) is 1. The lowest BCUT2D eigenvalue weighted by Crippen LogP contribution is -2.41. The monoisotopic (exact) mass is 258 g/mol. The summed E-state index contributed by atoms with van der Waals surface area (Å²) in [6, 6.07) is 9.28. The summed E-state index contributed by atoms with van der Waals surface area (Å²) in [6.45, 7) is 1.71. The topological polar surface area (TPSA) is 62.1 Å². The summed E-state index contributed by atoms with van der Waals surface area (Å²) < 4.78 is 5.57. The van der Waals surface area contributed by atoms with Gasteiger partial charge in [0.1, 0.15) is 11.8 Å². The summed E-state index contributed by atoms with van der Waals surface area (Å²) in [5.74, 6) is 0.346. The number of carbonyl (C=O) groups is 1. The normalized spacial score (nSPS) is 16.6. The zero-order valence-corrected chi connectivity index (χ0v) is 11.1. The molecule has 4 heteroatoms. The van der Waals surface area contributed by atoms with Gasteiger partial charge in [-0.1, -0.05) is 25.0 Å². The molecular formula is C15H18N2O2. The Balaban J connectivity index is 1.94. The molecule has 1 aliphatic carbocycles. The maximum Gasteiger partial charge on any atom is 0.260 e. The molecule has 1 amide bonds. The van der Waals surface area contributed by atoms with Gasteiger partial charge in [-0.05, 0) is 31.9 Å². The smallest absolute Gasteiger partial charge is 0.260 e. The first-order chi connectivity index (χ1) is 9.20. The number of benzene rings is 1. The second kappa shape index (κ2) is 6.24. The summed E-state index contributed by atoms with van der Waals surface area (Å²) in [6.07, 6.45) is 3.87. The average molecular weight is 258 g/mol. The number of nitrogens with zero attached hydrogens (tertiary/aromatic N) is 1. The molecule has 0 bridgehead atoms. The van der Waals surface area contributed by atoms with Crippen LogP contribution in [0, 0.1) is 11.3 Å². The number of amides is 1. The maximum atomic E-state index is 12.0. The van der Waals surface area contributed by atoms with E-state index in [2.05, 4.69) is 11.4 Å². The molecule has 0 aromatic heterocycles. The summed E-state index contributed by atoms with van der Waals surface area (Å²) in [5, 5.41) is 12.0. The molecule has 19 heavy (non-hydrogen) atoms. The van der Waals surface area contributed by atoms with Gasteiger partial charge in [-0.3, -0.25) is 4.79 Å². The van der Waals surface area contributed by atoms with Crippen LogP contribution in [-0.4, -0.2) is 18.1 Å². The van der Waals surface area contributed by atoms with Crippen molar-refractivity contribution in [1.29, 1.82) is 5.26 Å². The Hall–Kier alpha value is -2.02. The van der Waals surface area contributed by atoms with Crippen molar-refractivity contribution >= 4 is 5.91 Å². The Morgan fingerprint density at radius 1 is 1.42 bits per heavy atom. The fourth-order valence-corrected chi connectivity index (χ4v) is 2.29. The summed E-state index contributed by atoms with van der Waals surface area (Å²) in [7, 11) is 0. The van der Waals surface area contributed by atoms with Crippen molar-refractivity contribution in [3.05, 3.63) is 29.8 Å². The SMILES string of the molecule is C[C@H](Oc1ccccc1C#N)C(=O)NC1CCCC1. The Morgan fingerprint density at radius 3 is 2.79 bits per heavy atom. The largest absolute Gasteiger partial charge is 0.480 e. The zero-order valence-electron chi connectivity index (χ0n) is 11.1. The highest BCUT2D eigenvalue weighted by Gasteiger charge is 2.22. The summed E-state index contributed by atoms with van der Waals surface area (Å²) in [5.41, 5.74) is 0.447. The van der Waals surface area contributed by atoms with Gasteiger partial charge in [0.25, 0.3) is 5.91 Å². The predicted octanol–water partition coefficient (Wildman–Crippen LogP) is 2.38. The van der Waals surface area contributed by atoms with Crippen LogP contribution in [0.25, 0.3) is 0 Å². The minimum absolute atomic E-state index is 0.111. The number of ether oxygens (including phenoxy) is 1. The fourth-order valence-electron chi connectivity index (χ4n) is 2.29. The predicted molar refractivity (Wildman–Crippen MR) is 71.6 cm³/mol. The van der Waals surface area contributed by atoms with E-state index in [1.54, 1.807) is 31.2 Å². The first kappa shape index (κ1) is 13.4. The standard InChI is InChI=1S/C15H18N2O2/c1-11(15(18)17-13-7-3-4-8-13)19-14-9-5-2-6-12(14)10-16/h2,5-6,9,11,13H,3-4,7-8H2,1H3,(H,17,18)/t11-/m0/s1. The summed E-state index contributed by atoms with van der Waals surface area (Å²) in [4.78, 5) is 12.0. The van der Waals surface area contributed by atoms with Crippen LogP contribution in [0.3, 0.4) is 0 Å². The van der Waals surface area contributed by atoms with E-state index in [0.717, 1.165) is 12.8 Å². The quantitative estimate of drug-likeness (QED) is 0.902. The molecule has 100 valence electrons. The van der Waals surface area contributed by atoms with E-state index in [1.165, 1.54) is 12.8 Å². The van der Waals surface area contributed by atoms with E-state index in [0.29, 0.717) is 11.3 Å². The molecule has 1 fully saturated rings. The lowest BCUT2D eigenvalue weighted by molar-refractivity contribution is -0.127. The highest BCUT2D eigenvalue weighted by molar-refractivity contribution is 5.81. The number of nitriles is 1. The third-order valence-electron chi connectivity index (χ3n) is 3.38. The second-order valence-corrected chi connectivity index (χ2v) is 4.86. The molecule has 1 aliphatic rings. The maximum absolute atomic E-state index is 12.0. The van der Waals surface area contributed by atoms with E-state index >= 15 is 0 Å². The Bertz CT molecular complexity index is 487. The van der Waals surface area contributed by atoms with Crippen LogP contribution in [0.4, 0.5) is 0 Å². The first-order valence-electron chi connectivity index (χ1n) is 6.67. The lowest BCUT2D eigenvalue weighted by atomic mass is 10.2.